The van der Waals surface area contributed by atoms with Crippen molar-refractivity contribution in [3.63, 3.8) is 0 Å². The number of halogens is 1. The van der Waals surface area contributed by atoms with Gasteiger partial charge in [0, 0.05) is 19.2 Å². The van der Waals surface area contributed by atoms with E-state index in [2.05, 4.69) is 25.7 Å². The van der Waals surface area contributed by atoms with Gasteiger partial charge in [-0.2, -0.15) is 0 Å². The molecule has 0 saturated carbocycles. The number of rotatable bonds is 4. The van der Waals surface area contributed by atoms with E-state index in [0.29, 0.717) is 23.9 Å². The van der Waals surface area contributed by atoms with E-state index in [1.165, 1.54) is 24.2 Å². The Labute approximate surface area is 95.2 Å². The molecule has 0 aliphatic carbocycles. The van der Waals surface area contributed by atoms with Crippen LogP contribution in [0.4, 0.5) is 0 Å². The van der Waals surface area contributed by atoms with Crippen molar-refractivity contribution in [1.29, 1.82) is 0 Å². The fraction of sp³-hybridized carbons (Fsp3) is 0.444. The quantitative estimate of drug-likeness (QED) is 0.768. The van der Waals surface area contributed by atoms with Gasteiger partial charge in [0.2, 0.25) is 0 Å². The third-order valence-corrected chi connectivity index (χ3v) is 2.41. The third kappa shape index (κ3) is 3.47. The van der Waals surface area contributed by atoms with Gasteiger partial charge in [-0.3, -0.25) is 14.2 Å². The zero-order valence-electron chi connectivity index (χ0n) is 8.27. The van der Waals surface area contributed by atoms with Crippen LogP contribution in [0.5, 0.6) is 0 Å². The number of nitrogens with zero attached hydrogens (tertiary/aromatic N) is 2. The molecule has 6 heteroatoms. The minimum atomic E-state index is -0.272. The van der Waals surface area contributed by atoms with Gasteiger partial charge >= 0.3 is 5.97 Å². The lowest BCUT2D eigenvalue weighted by molar-refractivity contribution is -0.140. The molecule has 1 heterocycles. The largest absolute Gasteiger partial charge is 0.469 e. The van der Waals surface area contributed by atoms with Gasteiger partial charge in [-0.1, -0.05) is 0 Å². The number of hydrogen-bond acceptors (Lipinski definition) is 4. The first-order valence-corrected chi connectivity index (χ1v) is 5.21. The molecule has 0 aliphatic rings. The number of hydrogen-bond donors (Lipinski definition) is 0. The van der Waals surface area contributed by atoms with Crippen LogP contribution in [0.3, 0.4) is 0 Å². The molecular weight excluding hydrogens is 264 g/mol. The summed E-state index contributed by atoms with van der Waals surface area (Å²) in [5.41, 5.74) is -0.144. The summed E-state index contributed by atoms with van der Waals surface area (Å²) >= 11 is 3.09. The number of carbonyl (C=O) groups is 1. The molecule has 0 amide bonds. The highest BCUT2D eigenvalue weighted by Gasteiger charge is 2.03. The average Bonchev–Trinajstić information content (AvgIpc) is 2.24. The SMILES string of the molecule is COC(=O)CCCn1cncc(Br)c1=O. The maximum atomic E-state index is 11.5. The standard InChI is InChI=1S/C9H11BrN2O3/c1-15-8(13)3-2-4-12-6-11-5-7(10)9(12)14/h5-6H,2-4H2,1H3. The summed E-state index contributed by atoms with van der Waals surface area (Å²) in [5, 5.41) is 0. The first kappa shape index (κ1) is 11.9. The van der Waals surface area contributed by atoms with Crippen molar-refractivity contribution < 1.29 is 9.53 Å². The van der Waals surface area contributed by atoms with Crippen molar-refractivity contribution in [2.24, 2.45) is 0 Å². The maximum Gasteiger partial charge on any atom is 0.305 e. The number of ether oxygens (including phenoxy) is 1. The summed E-state index contributed by atoms with van der Waals surface area (Å²) in [7, 11) is 1.34. The predicted molar refractivity (Wildman–Crippen MR) is 57.4 cm³/mol. The third-order valence-electron chi connectivity index (χ3n) is 1.87. The molecule has 0 saturated heterocycles. The monoisotopic (exact) mass is 274 g/mol. The lowest BCUT2D eigenvalue weighted by atomic mass is 10.3. The Morgan fingerprint density at radius 2 is 2.40 bits per heavy atom. The fourth-order valence-electron chi connectivity index (χ4n) is 1.08. The summed E-state index contributed by atoms with van der Waals surface area (Å²) < 4.78 is 6.36. The Bertz CT molecular complexity index is 403. The van der Waals surface area contributed by atoms with E-state index >= 15 is 0 Å². The number of carbonyl (C=O) groups excluding carboxylic acids is 1. The zero-order chi connectivity index (χ0) is 11.3. The van der Waals surface area contributed by atoms with Crippen molar-refractivity contribution in [3.8, 4) is 0 Å². The Balaban J connectivity index is 2.55. The van der Waals surface area contributed by atoms with Crippen LogP contribution in [0.15, 0.2) is 21.8 Å². The van der Waals surface area contributed by atoms with Crippen LogP contribution in [0.25, 0.3) is 0 Å². The summed E-state index contributed by atoms with van der Waals surface area (Å²) in [4.78, 5) is 26.2. The van der Waals surface area contributed by atoms with Crippen molar-refractivity contribution in [2.45, 2.75) is 19.4 Å². The Hall–Kier alpha value is -1.17. The molecule has 82 valence electrons. The molecule has 0 N–H and O–H groups in total. The molecule has 0 aromatic carbocycles. The predicted octanol–water partition coefficient (Wildman–Crippen LogP) is 0.959. The van der Waals surface area contributed by atoms with E-state index in [4.69, 9.17) is 0 Å². The lowest BCUT2D eigenvalue weighted by Gasteiger charge is -2.04. The van der Waals surface area contributed by atoms with Crippen LogP contribution < -0.4 is 5.56 Å². The second-order valence-electron chi connectivity index (χ2n) is 2.92. The summed E-state index contributed by atoms with van der Waals surface area (Å²) in [5.74, 6) is -0.272. The highest BCUT2D eigenvalue weighted by atomic mass is 79.9. The van der Waals surface area contributed by atoms with Crippen LogP contribution in [0.1, 0.15) is 12.8 Å². The number of aryl methyl sites for hydroxylation is 1. The van der Waals surface area contributed by atoms with Crippen LogP contribution in [0, 0.1) is 0 Å². The van der Waals surface area contributed by atoms with Crippen molar-refractivity contribution in [2.75, 3.05) is 7.11 Å². The van der Waals surface area contributed by atoms with E-state index < -0.39 is 0 Å². The van der Waals surface area contributed by atoms with Gasteiger partial charge in [0.1, 0.15) is 4.47 Å². The molecule has 0 spiro atoms. The topological polar surface area (TPSA) is 61.2 Å². The van der Waals surface area contributed by atoms with Crippen LogP contribution in [-0.2, 0) is 16.1 Å². The van der Waals surface area contributed by atoms with Gasteiger partial charge < -0.3 is 4.74 Å². The molecule has 0 fully saturated rings. The van der Waals surface area contributed by atoms with Gasteiger partial charge in [0.25, 0.3) is 5.56 Å². The van der Waals surface area contributed by atoms with Crippen molar-refractivity contribution >= 4 is 21.9 Å². The van der Waals surface area contributed by atoms with Gasteiger partial charge in [0.05, 0.1) is 13.4 Å². The van der Waals surface area contributed by atoms with Gasteiger partial charge in [-0.15, -0.1) is 0 Å². The highest BCUT2D eigenvalue weighted by Crippen LogP contribution is 2.00. The van der Waals surface area contributed by atoms with Crippen LogP contribution in [0.2, 0.25) is 0 Å². The van der Waals surface area contributed by atoms with Crippen molar-refractivity contribution in [3.05, 3.63) is 27.4 Å². The second kappa shape index (κ2) is 5.65. The van der Waals surface area contributed by atoms with E-state index in [-0.39, 0.29) is 11.5 Å². The average molecular weight is 275 g/mol. The first-order valence-electron chi connectivity index (χ1n) is 4.42. The van der Waals surface area contributed by atoms with Crippen LogP contribution in [-0.4, -0.2) is 22.6 Å². The maximum absolute atomic E-state index is 11.5. The normalized spacial score (nSPS) is 10.0. The number of esters is 1. The Kier molecular flexibility index (Phi) is 4.48. The van der Waals surface area contributed by atoms with Gasteiger partial charge in [0.15, 0.2) is 0 Å². The molecular formula is C9H11BrN2O3. The van der Waals surface area contributed by atoms with Crippen LogP contribution >= 0.6 is 15.9 Å². The number of aromatic nitrogens is 2. The molecule has 1 aromatic heterocycles. The molecule has 1 aromatic rings. The summed E-state index contributed by atoms with van der Waals surface area (Å²) in [6, 6.07) is 0. The van der Waals surface area contributed by atoms with Crippen molar-refractivity contribution in [1.82, 2.24) is 9.55 Å². The van der Waals surface area contributed by atoms with Gasteiger partial charge in [-0.25, -0.2) is 4.98 Å². The summed E-state index contributed by atoms with van der Waals surface area (Å²) in [6.07, 6.45) is 3.75. The second-order valence-corrected chi connectivity index (χ2v) is 3.77. The highest BCUT2D eigenvalue weighted by molar-refractivity contribution is 9.10. The minimum absolute atomic E-state index is 0.144. The number of methoxy groups -OCH3 is 1. The molecule has 15 heavy (non-hydrogen) atoms. The molecule has 0 bridgehead atoms. The smallest absolute Gasteiger partial charge is 0.305 e. The Morgan fingerprint density at radius 3 is 3.07 bits per heavy atom. The zero-order valence-corrected chi connectivity index (χ0v) is 9.86. The molecule has 0 radical (unpaired) electrons. The van der Waals surface area contributed by atoms with Gasteiger partial charge in [-0.05, 0) is 22.4 Å². The van der Waals surface area contributed by atoms with E-state index in [9.17, 15) is 9.59 Å². The molecule has 5 nitrogen and oxygen atoms in total. The Morgan fingerprint density at radius 1 is 1.67 bits per heavy atom. The molecule has 0 atom stereocenters. The minimum Gasteiger partial charge on any atom is -0.469 e. The summed E-state index contributed by atoms with van der Waals surface area (Å²) in [6.45, 7) is 0.459. The van der Waals surface area contributed by atoms with E-state index in [1.807, 2.05) is 0 Å². The first-order chi connectivity index (χ1) is 7.15. The molecule has 0 unspecified atom stereocenters. The van der Waals surface area contributed by atoms with E-state index in [1.54, 1.807) is 0 Å². The molecule has 0 aliphatic heterocycles. The molecule has 1 rings (SSSR count). The van der Waals surface area contributed by atoms with E-state index in [0.717, 1.165) is 0 Å². The lowest BCUT2D eigenvalue weighted by Crippen LogP contribution is -2.21. The fourth-order valence-corrected chi connectivity index (χ4v) is 1.43.